The summed E-state index contributed by atoms with van der Waals surface area (Å²) in [6.45, 7) is 48.7. The van der Waals surface area contributed by atoms with Crippen molar-refractivity contribution >= 4 is 35.8 Å². The number of benzene rings is 2. The maximum absolute atomic E-state index is 17.0. The zero-order valence-electron chi connectivity index (χ0n) is 58.6. The molecule has 0 aromatic heterocycles. The van der Waals surface area contributed by atoms with Crippen LogP contribution in [0.25, 0.3) is 0 Å². The van der Waals surface area contributed by atoms with E-state index < -0.39 is 149 Å². The average molecular weight is 1240 g/mol. The van der Waals surface area contributed by atoms with E-state index in [-0.39, 0.29) is 50.1 Å². The summed E-state index contributed by atoms with van der Waals surface area (Å²) in [6.07, 6.45) is 4.08. The van der Waals surface area contributed by atoms with Crippen molar-refractivity contribution in [3.05, 3.63) is 66.8 Å². The molecule has 17 heteroatoms. The minimum Gasteiger partial charge on any atom is -0.478 e. The number of esters is 2. The van der Waals surface area contributed by atoms with Gasteiger partial charge in [0.25, 0.3) is 0 Å². The van der Waals surface area contributed by atoms with Crippen LogP contribution < -0.4 is 31.9 Å². The van der Waals surface area contributed by atoms with Gasteiger partial charge in [0.15, 0.2) is 0 Å². The summed E-state index contributed by atoms with van der Waals surface area (Å²) >= 11 is 0. The normalized spacial score (nSPS) is 26.2. The Bertz CT molecular complexity index is 3070. The Balaban J connectivity index is 1.58. The molecule has 6 aliphatic rings. The number of carbonyl (C=O) groups excluding carboxylic acids is 2. The van der Waals surface area contributed by atoms with Crippen molar-refractivity contribution in [1.29, 1.82) is 0 Å². The minimum atomic E-state index is -1.56. The van der Waals surface area contributed by atoms with Crippen LogP contribution in [0.4, 0.5) is 0 Å². The van der Waals surface area contributed by atoms with E-state index in [1.807, 2.05) is 138 Å². The zero-order chi connectivity index (χ0) is 67.3. The first-order valence-electron chi connectivity index (χ1n) is 32.9. The summed E-state index contributed by atoms with van der Waals surface area (Å²) in [7, 11) is 0. The molecule has 0 amide bonds. The lowest BCUT2D eigenvalue weighted by Crippen LogP contribution is -2.58. The first-order valence-corrected chi connectivity index (χ1v) is 32.9. The quantitative estimate of drug-likeness (QED) is 0.0699. The number of ether oxygens (including phenoxy) is 1. The first-order chi connectivity index (χ1) is 40.0. The maximum atomic E-state index is 17.0. The second-order valence-corrected chi connectivity index (χ2v) is 36.6. The van der Waals surface area contributed by atoms with Gasteiger partial charge in [0.2, 0.25) is 0 Å². The number of rotatable bonds is 12. The van der Waals surface area contributed by atoms with Crippen LogP contribution in [-0.4, -0.2) is 123 Å². The minimum absolute atomic E-state index is 0.00520. The van der Waals surface area contributed by atoms with Crippen molar-refractivity contribution in [2.45, 2.75) is 345 Å². The molecule has 6 saturated heterocycles. The molecule has 0 bridgehead atoms. The highest BCUT2D eigenvalue weighted by atomic mass is 16.6. The molecule has 17 nitrogen and oxygen atoms in total. The van der Waals surface area contributed by atoms with Crippen molar-refractivity contribution in [2.24, 2.45) is 0 Å². The molecule has 89 heavy (non-hydrogen) atoms. The Morgan fingerprint density at radius 1 is 0.247 bits per heavy atom. The molecule has 0 spiro atoms. The van der Waals surface area contributed by atoms with Gasteiger partial charge in [-0.05, 0) is 312 Å². The van der Waals surface area contributed by atoms with Crippen LogP contribution in [0.2, 0.25) is 0 Å². The summed E-state index contributed by atoms with van der Waals surface area (Å²) < 4.78 is 6.63. The molecule has 0 radical (unpaired) electrons. The molecule has 496 valence electrons. The third-order valence-electron chi connectivity index (χ3n) is 20.3. The van der Waals surface area contributed by atoms with Gasteiger partial charge in [-0.2, -0.15) is 0 Å². The summed E-state index contributed by atoms with van der Waals surface area (Å²) in [5, 5.41) is 71.1. The summed E-state index contributed by atoms with van der Waals surface area (Å²) in [5.41, 5.74) is -8.51. The van der Waals surface area contributed by atoms with Crippen LogP contribution in [0.15, 0.2) is 0 Å². The molecule has 6 fully saturated rings. The number of nitrogens with one attached hydrogen (secondary N) is 6. The molecule has 10 N–H and O–H groups in total. The van der Waals surface area contributed by atoms with Gasteiger partial charge in [-0.15, -0.1) is 0 Å². The van der Waals surface area contributed by atoms with Gasteiger partial charge in [-0.25, -0.2) is 28.8 Å². The third kappa shape index (κ3) is 15.0. The predicted molar refractivity (Wildman–Crippen MR) is 350 cm³/mol. The Labute approximate surface area is 531 Å². The number of carboxylic acid groups (broad SMARTS) is 4. The fraction of sp³-hybridized carbons (Fsp3) is 0.750. The van der Waals surface area contributed by atoms with Gasteiger partial charge in [0.1, 0.15) is 0 Å². The number of aromatic carboxylic acids is 4. The second-order valence-electron chi connectivity index (χ2n) is 36.6. The average Bonchev–Trinajstić information content (AvgIpc) is 0.728. The molecule has 2 aromatic carbocycles. The van der Waals surface area contributed by atoms with Gasteiger partial charge in [-0.1, -0.05) is 0 Å². The highest BCUT2D eigenvalue weighted by Gasteiger charge is 2.54. The fourth-order valence-corrected chi connectivity index (χ4v) is 20.8. The van der Waals surface area contributed by atoms with Crippen molar-refractivity contribution < 1.29 is 53.9 Å². The van der Waals surface area contributed by atoms with Gasteiger partial charge in [0, 0.05) is 66.5 Å². The van der Waals surface area contributed by atoms with Crippen LogP contribution in [0, 0.1) is 0 Å². The fourth-order valence-electron chi connectivity index (χ4n) is 20.8. The lowest BCUT2D eigenvalue weighted by Gasteiger charge is -2.51. The van der Waals surface area contributed by atoms with Crippen molar-refractivity contribution in [3.63, 3.8) is 0 Å². The summed E-state index contributed by atoms with van der Waals surface area (Å²) in [5.74, 6) is -12.3. The SMILES string of the molecule is CC1(C)CC(c2c(C(=O)O)c(C3CC(C)(C)NC(C)(C)C3)c(C(=O)OC(=O)c3c(C(=O)O)c(C4CC(C)(C)NC(C)(C)C4)c(C(=O)O)c(C4CC(C)(C)NC(C)(C)C4)c3C3CC(C)(C)NC(C)(C)C3)c(C3CC(C)(C)NC(C)(C)C3)c2C(=O)O)CC(C)(C)N1. The molecule has 0 atom stereocenters. The van der Waals surface area contributed by atoms with Gasteiger partial charge in [0.05, 0.1) is 33.4 Å². The van der Waals surface area contributed by atoms with Crippen molar-refractivity contribution in [1.82, 2.24) is 31.9 Å². The third-order valence-corrected chi connectivity index (χ3v) is 20.3. The maximum Gasteiger partial charge on any atom is 0.347 e. The second kappa shape index (κ2) is 22.5. The highest BCUT2D eigenvalue weighted by Crippen LogP contribution is 2.56. The first kappa shape index (κ1) is 70.1. The van der Waals surface area contributed by atoms with E-state index in [1.165, 1.54) is 0 Å². The Morgan fingerprint density at radius 3 is 0.596 bits per heavy atom. The summed E-state index contributed by atoms with van der Waals surface area (Å²) in [4.78, 5) is 93.8. The molecule has 0 aliphatic carbocycles. The van der Waals surface area contributed by atoms with E-state index in [0.29, 0.717) is 82.6 Å². The van der Waals surface area contributed by atoms with Crippen LogP contribution in [0.3, 0.4) is 0 Å². The van der Waals surface area contributed by atoms with E-state index in [2.05, 4.69) is 59.6 Å². The lowest BCUT2D eigenvalue weighted by atomic mass is 9.62. The lowest BCUT2D eigenvalue weighted by molar-refractivity contribution is 0.0382. The van der Waals surface area contributed by atoms with E-state index in [9.17, 15) is 34.8 Å². The van der Waals surface area contributed by atoms with Crippen LogP contribution in [0.1, 0.15) is 374 Å². The topological polar surface area (TPSA) is 265 Å². The van der Waals surface area contributed by atoms with E-state index >= 15 is 14.4 Å². The molecule has 2 aromatic rings. The smallest absolute Gasteiger partial charge is 0.347 e. The van der Waals surface area contributed by atoms with Crippen molar-refractivity contribution in [3.8, 4) is 0 Å². The Kier molecular flexibility index (Phi) is 17.7. The number of hydrogen-bond acceptors (Lipinski definition) is 13. The molecular weight excluding hydrogens is 1120 g/mol. The number of carboxylic acids is 4. The van der Waals surface area contributed by atoms with Gasteiger partial charge >= 0.3 is 35.8 Å². The van der Waals surface area contributed by atoms with Crippen LogP contribution >= 0.6 is 0 Å². The van der Waals surface area contributed by atoms with Crippen LogP contribution in [0.5, 0.6) is 0 Å². The van der Waals surface area contributed by atoms with E-state index in [0.717, 1.165) is 0 Å². The molecular formula is C72H112N6O11. The monoisotopic (exact) mass is 1240 g/mol. The Hall–Kier alpha value is -4.78. The molecule has 8 rings (SSSR count). The number of carbonyl (C=O) groups is 6. The Morgan fingerprint density at radius 2 is 0.393 bits per heavy atom. The standard InChI is InChI=1S/C72H112N6O11/c1-61(2)25-37(26-62(3,4)73-61)43-44(38-27-63(5,6)74-64(7,8)28-38)54(52(58(85)86)46(49(43)55(79)80)40-31-67(13,14)76-68(15,16)32-40)60(88)89-59(87)53-47(41-33-69(17,18)77-70(19,20)34-41)50(56(81)82)45(39-29-65(9,10)75-66(11,12)30-39)51(57(83)84)48(53)42-35-71(21,22)78-72(23,24)36-42/h37-42,73-78H,25-36H2,1-24H3,(H,79,80)(H,81,82)(H,83,84)(H,85,86). The highest BCUT2D eigenvalue weighted by molar-refractivity contribution is 6.14. The van der Waals surface area contributed by atoms with Gasteiger partial charge in [-0.3, -0.25) is 0 Å². The van der Waals surface area contributed by atoms with Crippen LogP contribution in [-0.2, 0) is 4.74 Å². The number of hydrogen-bond donors (Lipinski definition) is 10. The number of piperidine rings is 6. The summed E-state index contributed by atoms with van der Waals surface area (Å²) in [6, 6.07) is 0. The van der Waals surface area contributed by atoms with Gasteiger partial charge < -0.3 is 57.1 Å². The van der Waals surface area contributed by atoms with E-state index in [1.54, 1.807) is 0 Å². The molecule has 6 heterocycles. The zero-order valence-corrected chi connectivity index (χ0v) is 58.6. The molecule has 6 aliphatic heterocycles. The largest absolute Gasteiger partial charge is 0.478 e. The molecule has 0 saturated carbocycles. The predicted octanol–water partition coefficient (Wildman–Crippen LogP) is 13.6. The van der Waals surface area contributed by atoms with E-state index in [4.69, 9.17) is 4.74 Å². The molecule has 0 unspecified atom stereocenters. The van der Waals surface area contributed by atoms with Crippen molar-refractivity contribution in [2.75, 3.05) is 0 Å².